The molecule has 1 aliphatic rings. The Labute approximate surface area is 153 Å². The average molecular weight is 358 g/mol. The first-order valence-electron chi connectivity index (χ1n) is 9.19. The van der Waals surface area contributed by atoms with Gasteiger partial charge in [0.2, 0.25) is 0 Å². The van der Waals surface area contributed by atoms with Crippen LogP contribution in [0.25, 0.3) is 0 Å². The quantitative estimate of drug-likeness (QED) is 0.257. The smallest absolute Gasteiger partial charge is 0.146 e. The van der Waals surface area contributed by atoms with Gasteiger partial charge in [0.15, 0.2) is 0 Å². The normalized spacial score (nSPS) is 18.0. The Morgan fingerprint density at radius 3 is 2.33 bits per heavy atom. The van der Waals surface area contributed by atoms with Crippen LogP contribution in [0.5, 0.6) is 0 Å². The summed E-state index contributed by atoms with van der Waals surface area (Å²) in [5, 5.41) is 1.60. The predicted octanol–water partition coefficient (Wildman–Crippen LogP) is 6.61. The molecular weight excluding hydrogens is 326 g/mol. The zero-order valence-electron chi connectivity index (χ0n) is 15.9. The molecule has 1 aromatic carbocycles. The first-order chi connectivity index (χ1) is 11.3. The molecule has 1 aromatic rings. The van der Waals surface area contributed by atoms with Crippen molar-refractivity contribution in [1.29, 1.82) is 0 Å². The van der Waals surface area contributed by atoms with Crippen LogP contribution in [0.3, 0.4) is 0 Å². The lowest BCUT2D eigenvalue weighted by molar-refractivity contribution is 0.357. The number of aryl methyl sites for hydroxylation is 1. The van der Waals surface area contributed by atoms with E-state index >= 15 is 0 Å². The monoisotopic (exact) mass is 357 g/mol. The van der Waals surface area contributed by atoms with Gasteiger partial charge < -0.3 is 0 Å². The second-order valence-corrected chi connectivity index (χ2v) is 14.1. The lowest BCUT2D eigenvalue weighted by atomic mass is 9.87. The molecule has 0 saturated heterocycles. The van der Waals surface area contributed by atoms with Gasteiger partial charge in [-0.3, -0.25) is 0 Å². The summed E-state index contributed by atoms with van der Waals surface area (Å²) in [4.78, 5) is 4.87. The van der Waals surface area contributed by atoms with E-state index < -0.39 is 8.07 Å². The van der Waals surface area contributed by atoms with Crippen molar-refractivity contribution in [1.82, 2.24) is 0 Å². The fourth-order valence-corrected chi connectivity index (χ4v) is 4.61. The van der Waals surface area contributed by atoms with E-state index in [1.54, 1.807) is 0 Å². The van der Waals surface area contributed by atoms with Gasteiger partial charge in [0, 0.05) is 5.25 Å². The lowest BCUT2D eigenvalue weighted by Crippen LogP contribution is -2.19. The third-order valence-corrected chi connectivity index (χ3v) is 6.47. The van der Waals surface area contributed by atoms with Crippen LogP contribution in [0, 0.1) is 24.3 Å². The first-order valence-corrected chi connectivity index (χ1v) is 13.6. The van der Waals surface area contributed by atoms with E-state index in [0.717, 1.165) is 16.6 Å². The number of aliphatic imine (C=N–C) groups is 1. The van der Waals surface area contributed by atoms with E-state index in [0.29, 0.717) is 5.25 Å². The van der Waals surface area contributed by atoms with Gasteiger partial charge in [-0.2, -0.15) is 0 Å². The molecule has 1 saturated carbocycles. The second-order valence-electron chi connectivity index (χ2n) is 7.97. The minimum atomic E-state index is -1.39. The Bertz CT molecular complexity index is 610. The molecule has 0 spiro atoms. The number of rotatable bonds is 3. The second kappa shape index (κ2) is 8.92. The van der Waals surface area contributed by atoms with Gasteiger partial charge in [-0.15, -0.1) is 5.54 Å². The molecule has 24 heavy (non-hydrogen) atoms. The zero-order chi connectivity index (χ0) is 17.6. The Hall–Kier alpha value is -0.983. The van der Waals surface area contributed by atoms with E-state index in [-0.39, 0.29) is 0 Å². The summed E-state index contributed by atoms with van der Waals surface area (Å²) in [5.41, 5.74) is 5.79. The van der Waals surface area contributed by atoms with Crippen molar-refractivity contribution < 1.29 is 0 Å². The lowest BCUT2D eigenvalue weighted by Gasteiger charge is -2.26. The van der Waals surface area contributed by atoms with E-state index in [2.05, 4.69) is 69.2 Å². The molecular formula is C21H31NSSi. The minimum Gasteiger partial charge on any atom is -0.233 e. The highest BCUT2D eigenvalue weighted by Crippen LogP contribution is 2.33. The summed E-state index contributed by atoms with van der Waals surface area (Å²) in [5.74, 6) is 4.24. The maximum Gasteiger partial charge on any atom is 0.146 e. The molecule has 1 fully saturated rings. The maximum atomic E-state index is 4.87. The summed E-state index contributed by atoms with van der Waals surface area (Å²) < 4.78 is 0. The van der Waals surface area contributed by atoms with Crippen molar-refractivity contribution in [3.05, 3.63) is 29.8 Å². The van der Waals surface area contributed by atoms with Crippen LogP contribution in [0.15, 0.2) is 29.3 Å². The molecule has 0 radical (unpaired) electrons. The Balaban J connectivity index is 2.18. The Kier molecular flexibility index (Phi) is 7.19. The van der Waals surface area contributed by atoms with E-state index in [9.17, 15) is 0 Å². The minimum absolute atomic E-state index is 0.602. The van der Waals surface area contributed by atoms with Gasteiger partial charge >= 0.3 is 0 Å². The molecule has 1 nitrogen and oxygen atoms in total. The number of benzene rings is 1. The van der Waals surface area contributed by atoms with Crippen LogP contribution >= 0.6 is 11.8 Å². The van der Waals surface area contributed by atoms with Gasteiger partial charge in [0.25, 0.3) is 0 Å². The molecule has 0 bridgehead atoms. The zero-order valence-corrected chi connectivity index (χ0v) is 17.7. The fourth-order valence-electron chi connectivity index (χ4n) is 2.94. The highest BCUT2D eigenvalue weighted by atomic mass is 32.2. The Morgan fingerprint density at radius 1 is 1.12 bits per heavy atom. The standard InChI is InChI=1S/C21H31NSSi/c1-17-11-13-20(14-12-17)22-21(15-16-24(3,4)5)23-18(2)19-9-7-6-8-10-19/h11-14,18-19H,6-10H2,1-5H3. The summed E-state index contributed by atoms with van der Waals surface area (Å²) in [6, 6.07) is 8.43. The van der Waals surface area contributed by atoms with Crippen LogP contribution in [0.4, 0.5) is 5.69 Å². The van der Waals surface area contributed by atoms with E-state index in [4.69, 9.17) is 4.99 Å². The van der Waals surface area contributed by atoms with Crippen molar-refractivity contribution in [2.75, 3.05) is 0 Å². The van der Waals surface area contributed by atoms with Crippen molar-refractivity contribution in [2.24, 2.45) is 10.9 Å². The van der Waals surface area contributed by atoms with Crippen molar-refractivity contribution in [3.63, 3.8) is 0 Å². The molecule has 0 heterocycles. The molecule has 130 valence electrons. The van der Waals surface area contributed by atoms with Gasteiger partial charge in [-0.05, 0) is 43.7 Å². The van der Waals surface area contributed by atoms with Gasteiger partial charge in [-0.25, -0.2) is 4.99 Å². The maximum absolute atomic E-state index is 4.87. The number of hydrogen-bond donors (Lipinski definition) is 0. The van der Waals surface area contributed by atoms with Gasteiger partial charge in [-0.1, -0.05) is 75.3 Å². The fraction of sp³-hybridized carbons (Fsp3) is 0.571. The molecule has 3 heteroatoms. The molecule has 0 aliphatic heterocycles. The summed E-state index contributed by atoms with van der Waals surface area (Å²) >= 11 is 1.89. The summed E-state index contributed by atoms with van der Waals surface area (Å²) in [7, 11) is -1.39. The predicted molar refractivity (Wildman–Crippen MR) is 113 cm³/mol. The van der Waals surface area contributed by atoms with Crippen LogP contribution in [-0.4, -0.2) is 18.4 Å². The van der Waals surface area contributed by atoms with Crippen LogP contribution < -0.4 is 0 Å². The molecule has 2 rings (SSSR count). The highest BCUT2D eigenvalue weighted by Gasteiger charge is 2.22. The highest BCUT2D eigenvalue weighted by molar-refractivity contribution is 8.15. The van der Waals surface area contributed by atoms with E-state index in [1.807, 2.05) is 11.8 Å². The third-order valence-electron chi connectivity index (χ3n) is 4.42. The van der Waals surface area contributed by atoms with Crippen molar-refractivity contribution >= 4 is 30.6 Å². The van der Waals surface area contributed by atoms with Crippen molar-refractivity contribution in [3.8, 4) is 11.5 Å². The molecule has 0 amide bonds. The summed E-state index contributed by atoms with van der Waals surface area (Å²) in [6.45, 7) is 11.3. The first kappa shape index (κ1) is 19.3. The molecule has 1 unspecified atom stereocenters. The number of hydrogen-bond acceptors (Lipinski definition) is 2. The number of nitrogens with zero attached hydrogens (tertiary/aromatic N) is 1. The van der Waals surface area contributed by atoms with E-state index in [1.165, 1.54) is 37.7 Å². The van der Waals surface area contributed by atoms with Gasteiger partial charge in [0.05, 0.1) is 5.69 Å². The number of thioether (sulfide) groups is 1. The third kappa shape index (κ3) is 6.87. The molecule has 0 N–H and O–H groups in total. The van der Waals surface area contributed by atoms with Gasteiger partial charge in [0.1, 0.15) is 13.1 Å². The van der Waals surface area contributed by atoms with Crippen LogP contribution in [-0.2, 0) is 0 Å². The SMILES string of the molecule is Cc1ccc(N=C(C#C[Si](C)(C)C)SC(C)C2CCCCC2)cc1. The average Bonchev–Trinajstić information content (AvgIpc) is 2.55. The van der Waals surface area contributed by atoms with Crippen LogP contribution in [0.2, 0.25) is 19.6 Å². The topological polar surface area (TPSA) is 12.4 Å². The molecule has 1 aliphatic carbocycles. The van der Waals surface area contributed by atoms with Crippen molar-refractivity contribution in [2.45, 2.75) is 70.8 Å². The summed E-state index contributed by atoms with van der Waals surface area (Å²) in [6.07, 6.45) is 6.93. The van der Waals surface area contributed by atoms with Crippen LogP contribution in [0.1, 0.15) is 44.6 Å². The molecule has 0 aromatic heterocycles. The largest absolute Gasteiger partial charge is 0.233 e. The Morgan fingerprint density at radius 2 is 1.75 bits per heavy atom. The molecule has 1 atom stereocenters.